The second kappa shape index (κ2) is 6.30. The van der Waals surface area contributed by atoms with Crippen molar-refractivity contribution in [1.29, 1.82) is 0 Å². The SMILES string of the molecule is CNC(CCc1cnn(C)c1)c1ccc(Br)cc1F. The maximum atomic E-state index is 13.9. The van der Waals surface area contributed by atoms with Crippen molar-refractivity contribution < 1.29 is 4.39 Å². The summed E-state index contributed by atoms with van der Waals surface area (Å²) >= 11 is 3.27. The maximum Gasteiger partial charge on any atom is 0.129 e. The Kier molecular flexibility index (Phi) is 4.71. The molecule has 3 nitrogen and oxygen atoms in total. The minimum absolute atomic E-state index is 0.00769. The molecular formula is C14H17BrFN3. The van der Waals surface area contributed by atoms with Crippen LogP contribution in [-0.2, 0) is 13.5 Å². The van der Waals surface area contributed by atoms with Gasteiger partial charge in [-0.25, -0.2) is 4.39 Å². The smallest absolute Gasteiger partial charge is 0.129 e. The van der Waals surface area contributed by atoms with Crippen LogP contribution in [0.3, 0.4) is 0 Å². The highest BCUT2D eigenvalue weighted by Gasteiger charge is 2.14. The summed E-state index contributed by atoms with van der Waals surface area (Å²) in [5.41, 5.74) is 1.87. The first kappa shape index (κ1) is 14.2. The van der Waals surface area contributed by atoms with Crippen molar-refractivity contribution in [2.75, 3.05) is 7.05 Å². The van der Waals surface area contributed by atoms with E-state index in [0.717, 1.165) is 17.3 Å². The number of hydrogen-bond acceptors (Lipinski definition) is 2. The minimum atomic E-state index is -0.181. The lowest BCUT2D eigenvalue weighted by atomic mass is 10.00. The Morgan fingerprint density at radius 2 is 2.26 bits per heavy atom. The second-order valence-electron chi connectivity index (χ2n) is 4.57. The lowest BCUT2D eigenvalue weighted by molar-refractivity contribution is 0.508. The summed E-state index contributed by atoms with van der Waals surface area (Å²) in [4.78, 5) is 0. The van der Waals surface area contributed by atoms with E-state index in [1.54, 1.807) is 4.68 Å². The number of nitrogens with zero attached hydrogens (tertiary/aromatic N) is 2. The molecule has 0 amide bonds. The Morgan fingerprint density at radius 3 is 2.84 bits per heavy atom. The van der Waals surface area contributed by atoms with Gasteiger partial charge in [0.05, 0.1) is 6.20 Å². The van der Waals surface area contributed by atoms with E-state index in [2.05, 4.69) is 26.3 Å². The molecule has 2 rings (SSSR count). The number of halogens is 2. The third-order valence-electron chi connectivity index (χ3n) is 3.17. The molecule has 1 heterocycles. The number of aryl methyl sites for hydroxylation is 2. The van der Waals surface area contributed by atoms with Crippen LogP contribution >= 0.6 is 15.9 Å². The number of nitrogens with one attached hydrogen (secondary N) is 1. The third kappa shape index (κ3) is 3.64. The first-order chi connectivity index (χ1) is 9.10. The van der Waals surface area contributed by atoms with Gasteiger partial charge in [0.1, 0.15) is 5.82 Å². The molecule has 0 spiro atoms. The van der Waals surface area contributed by atoms with Gasteiger partial charge in [0.25, 0.3) is 0 Å². The highest BCUT2D eigenvalue weighted by atomic mass is 79.9. The van der Waals surface area contributed by atoms with Gasteiger partial charge in [0.15, 0.2) is 0 Å². The van der Waals surface area contributed by atoms with Crippen LogP contribution in [0.15, 0.2) is 35.1 Å². The molecule has 0 bridgehead atoms. The number of benzene rings is 1. The third-order valence-corrected chi connectivity index (χ3v) is 3.66. The van der Waals surface area contributed by atoms with E-state index in [9.17, 15) is 4.39 Å². The largest absolute Gasteiger partial charge is 0.313 e. The maximum absolute atomic E-state index is 13.9. The predicted molar refractivity (Wildman–Crippen MR) is 77.4 cm³/mol. The van der Waals surface area contributed by atoms with Gasteiger partial charge in [0, 0.05) is 29.3 Å². The van der Waals surface area contributed by atoms with Crippen molar-refractivity contribution in [3.8, 4) is 0 Å². The summed E-state index contributed by atoms with van der Waals surface area (Å²) in [6, 6.07) is 5.20. The van der Waals surface area contributed by atoms with Gasteiger partial charge < -0.3 is 5.32 Å². The van der Waals surface area contributed by atoms with E-state index in [-0.39, 0.29) is 11.9 Å². The molecule has 2 aromatic rings. The van der Waals surface area contributed by atoms with Gasteiger partial charge in [-0.1, -0.05) is 22.0 Å². The van der Waals surface area contributed by atoms with Gasteiger partial charge in [-0.2, -0.15) is 5.10 Å². The average Bonchev–Trinajstić information content (AvgIpc) is 2.78. The zero-order valence-corrected chi connectivity index (χ0v) is 12.6. The zero-order valence-electron chi connectivity index (χ0n) is 11.0. The van der Waals surface area contributed by atoms with Crippen LogP contribution in [0.25, 0.3) is 0 Å². The second-order valence-corrected chi connectivity index (χ2v) is 5.48. The summed E-state index contributed by atoms with van der Waals surface area (Å²) in [7, 11) is 3.75. The minimum Gasteiger partial charge on any atom is -0.313 e. The molecule has 1 N–H and O–H groups in total. The normalized spacial score (nSPS) is 12.6. The van der Waals surface area contributed by atoms with Crippen LogP contribution < -0.4 is 5.32 Å². The Hall–Kier alpha value is -1.20. The van der Waals surface area contributed by atoms with E-state index in [4.69, 9.17) is 0 Å². The molecule has 0 aliphatic rings. The summed E-state index contributed by atoms with van der Waals surface area (Å²) in [5, 5.41) is 7.31. The summed E-state index contributed by atoms with van der Waals surface area (Å²) < 4.78 is 16.5. The van der Waals surface area contributed by atoms with Crippen molar-refractivity contribution in [2.24, 2.45) is 7.05 Å². The predicted octanol–water partition coefficient (Wildman–Crippen LogP) is 3.22. The Balaban J connectivity index is 2.07. The topological polar surface area (TPSA) is 29.9 Å². The lowest BCUT2D eigenvalue weighted by Crippen LogP contribution is -2.18. The molecule has 0 aliphatic heterocycles. The van der Waals surface area contributed by atoms with E-state index >= 15 is 0 Å². The van der Waals surface area contributed by atoms with Crippen molar-refractivity contribution in [3.05, 3.63) is 52.0 Å². The van der Waals surface area contributed by atoms with Crippen molar-refractivity contribution in [3.63, 3.8) is 0 Å². The fourth-order valence-corrected chi connectivity index (χ4v) is 2.48. The van der Waals surface area contributed by atoms with Gasteiger partial charge >= 0.3 is 0 Å². The summed E-state index contributed by atoms with van der Waals surface area (Å²) in [6.07, 6.45) is 5.55. The van der Waals surface area contributed by atoms with Gasteiger partial charge in [0.2, 0.25) is 0 Å². The summed E-state index contributed by atoms with van der Waals surface area (Å²) in [6.45, 7) is 0. The molecule has 0 radical (unpaired) electrons. The van der Waals surface area contributed by atoms with Crippen molar-refractivity contribution in [2.45, 2.75) is 18.9 Å². The molecule has 0 aliphatic carbocycles. The number of rotatable bonds is 5. The Labute approximate surface area is 121 Å². The molecule has 0 fully saturated rings. The molecular weight excluding hydrogens is 309 g/mol. The molecule has 1 atom stereocenters. The molecule has 1 aromatic heterocycles. The van der Waals surface area contributed by atoms with Crippen LogP contribution in [-0.4, -0.2) is 16.8 Å². The van der Waals surface area contributed by atoms with Crippen LogP contribution in [0.1, 0.15) is 23.6 Å². The van der Waals surface area contributed by atoms with Gasteiger partial charge in [-0.05, 0) is 37.6 Å². The van der Waals surface area contributed by atoms with E-state index < -0.39 is 0 Å². The highest BCUT2D eigenvalue weighted by molar-refractivity contribution is 9.10. The van der Waals surface area contributed by atoms with E-state index in [1.807, 2.05) is 38.6 Å². The van der Waals surface area contributed by atoms with Crippen molar-refractivity contribution >= 4 is 15.9 Å². The van der Waals surface area contributed by atoms with Gasteiger partial charge in [-0.15, -0.1) is 0 Å². The lowest BCUT2D eigenvalue weighted by Gasteiger charge is -2.17. The number of aromatic nitrogens is 2. The Morgan fingerprint density at radius 1 is 1.47 bits per heavy atom. The summed E-state index contributed by atoms with van der Waals surface area (Å²) in [5.74, 6) is -0.181. The van der Waals surface area contributed by atoms with Crippen LogP contribution in [0.4, 0.5) is 4.39 Å². The molecule has 5 heteroatoms. The van der Waals surface area contributed by atoms with Gasteiger partial charge in [-0.3, -0.25) is 4.68 Å². The monoisotopic (exact) mass is 325 g/mol. The molecule has 19 heavy (non-hydrogen) atoms. The molecule has 0 saturated heterocycles. The molecule has 0 saturated carbocycles. The zero-order chi connectivity index (χ0) is 13.8. The van der Waals surface area contributed by atoms with E-state index in [0.29, 0.717) is 5.56 Å². The van der Waals surface area contributed by atoms with Crippen LogP contribution in [0.5, 0.6) is 0 Å². The fraction of sp³-hybridized carbons (Fsp3) is 0.357. The number of hydrogen-bond donors (Lipinski definition) is 1. The highest BCUT2D eigenvalue weighted by Crippen LogP contribution is 2.24. The first-order valence-electron chi connectivity index (χ1n) is 6.20. The quantitative estimate of drug-likeness (QED) is 0.914. The van der Waals surface area contributed by atoms with Crippen molar-refractivity contribution in [1.82, 2.24) is 15.1 Å². The molecule has 102 valence electrons. The van der Waals surface area contributed by atoms with Crippen LogP contribution in [0.2, 0.25) is 0 Å². The standard InChI is InChI=1S/C14H17BrFN3/c1-17-14(6-3-10-8-18-19(2)9-10)12-5-4-11(15)7-13(12)16/h4-5,7-9,14,17H,3,6H2,1-2H3. The van der Waals surface area contributed by atoms with E-state index in [1.165, 1.54) is 11.6 Å². The average molecular weight is 326 g/mol. The fourth-order valence-electron chi connectivity index (χ4n) is 2.15. The molecule has 1 unspecified atom stereocenters. The first-order valence-corrected chi connectivity index (χ1v) is 6.99. The molecule has 1 aromatic carbocycles. The van der Waals surface area contributed by atoms with Crippen LogP contribution in [0, 0.1) is 5.82 Å². The Bertz CT molecular complexity index is 553.